The highest BCUT2D eigenvalue weighted by atomic mass is 16.5. The van der Waals surface area contributed by atoms with Gasteiger partial charge in [0.15, 0.2) is 6.10 Å². The van der Waals surface area contributed by atoms with Crippen LogP contribution in [0.4, 0.5) is 0 Å². The third kappa shape index (κ3) is 3.57. The van der Waals surface area contributed by atoms with Gasteiger partial charge < -0.3 is 19.0 Å². The maximum atomic E-state index is 12.9. The van der Waals surface area contributed by atoms with Gasteiger partial charge in [-0.2, -0.15) is 0 Å². The highest BCUT2D eigenvalue weighted by molar-refractivity contribution is 5.83. The van der Waals surface area contributed by atoms with Crippen molar-refractivity contribution in [3.8, 4) is 5.75 Å². The number of nitrogens with zero attached hydrogens (tertiary/aromatic N) is 2. The molecular weight excluding hydrogens is 384 g/mol. The largest absolute Gasteiger partial charge is 0.481 e. The number of hydrogen-bond donors (Lipinski definition) is 0. The number of ether oxygens (including phenoxy) is 1. The van der Waals surface area contributed by atoms with Gasteiger partial charge in [-0.05, 0) is 50.3 Å². The summed E-state index contributed by atoms with van der Waals surface area (Å²) in [6.45, 7) is 4.97. The molecule has 30 heavy (non-hydrogen) atoms. The van der Waals surface area contributed by atoms with Crippen LogP contribution in [-0.4, -0.2) is 53.4 Å². The third-order valence-electron chi connectivity index (χ3n) is 6.74. The van der Waals surface area contributed by atoms with Crippen LogP contribution in [-0.2, 0) is 16.0 Å². The number of carbonyl (C=O) groups is 2. The summed E-state index contributed by atoms with van der Waals surface area (Å²) in [7, 11) is 1.88. The van der Waals surface area contributed by atoms with Crippen molar-refractivity contribution in [2.24, 2.45) is 0 Å². The predicted octanol–water partition coefficient (Wildman–Crippen LogP) is 2.74. The lowest BCUT2D eigenvalue weighted by atomic mass is 9.85. The SMILES string of the molecule is CCc1cc(=O)oc2cc(OC(C)C(=O)N3CCC4(CCC(=O)N4C)CC3)ccc12. The number of fused-ring (bicyclic) bond motifs is 1. The van der Waals surface area contributed by atoms with Crippen molar-refractivity contribution >= 4 is 22.8 Å². The molecule has 2 saturated heterocycles. The van der Waals surface area contributed by atoms with E-state index in [2.05, 4.69) is 0 Å². The molecule has 2 fully saturated rings. The van der Waals surface area contributed by atoms with Gasteiger partial charge in [0.2, 0.25) is 5.91 Å². The predicted molar refractivity (Wildman–Crippen MR) is 113 cm³/mol. The number of aryl methyl sites for hydroxylation is 1. The fourth-order valence-electron chi connectivity index (χ4n) is 4.76. The molecule has 2 aromatic rings. The Hall–Kier alpha value is -2.83. The van der Waals surface area contributed by atoms with Gasteiger partial charge in [-0.1, -0.05) is 6.92 Å². The van der Waals surface area contributed by atoms with Gasteiger partial charge in [-0.25, -0.2) is 4.79 Å². The summed E-state index contributed by atoms with van der Waals surface area (Å²) in [5.41, 5.74) is 0.906. The van der Waals surface area contributed by atoms with Gasteiger partial charge in [0.05, 0.1) is 0 Å². The molecule has 3 heterocycles. The second-order valence-electron chi connectivity index (χ2n) is 8.36. The molecule has 0 N–H and O–H groups in total. The summed E-state index contributed by atoms with van der Waals surface area (Å²) in [4.78, 5) is 40.3. The summed E-state index contributed by atoms with van der Waals surface area (Å²) < 4.78 is 11.2. The van der Waals surface area contributed by atoms with Crippen LogP contribution in [0, 0.1) is 0 Å². The monoisotopic (exact) mass is 412 g/mol. The minimum absolute atomic E-state index is 0.0688. The summed E-state index contributed by atoms with van der Waals surface area (Å²) >= 11 is 0. The minimum atomic E-state index is -0.652. The molecule has 1 aromatic heterocycles. The van der Waals surface area contributed by atoms with E-state index in [1.165, 1.54) is 6.07 Å². The molecule has 2 amide bonds. The topological polar surface area (TPSA) is 80.1 Å². The zero-order chi connectivity index (χ0) is 21.5. The minimum Gasteiger partial charge on any atom is -0.481 e. The van der Waals surface area contributed by atoms with E-state index < -0.39 is 11.7 Å². The number of hydrogen-bond acceptors (Lipinski definition) is 5. The van der Waals surface area contributed by atoms with Crippen molar-refractivity contribution in [2.45, 2.75) is 57.6 Å². The molecule has 7 heteroatoms. The molecule has 4 rings (SSSR count). The Morgan fingerprint density at radius 2 is 1.93 bits per heavy atom. The average molecular weight is 412 g/mol. The first-order valence-corrected chi connectivity index (χ1v) is 10.6. The van der Waals surface area contributed by atoms with Crippen LogP contribution < -0.4 is 10.4 Å². The summed E-state index contributed by atoms with van der Waals surface area (Å²) in [5.74, 6) is 0.621. The van der Waals surface area contributed by atoms with Crippen LogP contribution in [0.3, 0.4) is 0 Å². The van der Waals surface area contributed by atoms with Crippen molar-refractivity contribution < 1.29 is 18.7 Å². The molecule has 1 aromatic carbocycles. The van der Waals surface area contributed by atoms with Crippen LogP contribution >= 0.6 is 0 Å². The smallest absolute Gasteiger partial charge is 0.336 e. The number of carbonyl (C=O) groups excluding carboxylic acids is 2. The Balaban J connectivity index is 1.43. The Morgan fingerprint density at radius 1 is 1.20 bits per heavy atom. The Labute approximate surface area is 175 Å². The number of rotatable bonds is 4. The maximum absolute atomic E-state index is 12.9. The summed E-state index contributed by atoms with van der Waals surface area (Å²) in [6.07, 6.45) is 3.15. The fourth-order valence-corrected chi connectivity index (χ4v) is 4.76. The zero-order valence-electron chi connectivity index (χ0n) is 17.8. The fraction of sp³-hybridized carbons (Fsp3) is 0.522. The molecule has 0 aliphatic carbocycles. The molecular formula is C23H28N2O5. The van der Waals surface area contributed by atoms with Crippen LogP contribution in [0.25, 0.3) is 11.0 Å². The van der Waals surface area contributed by atoms with Crippen LogP contribution in [0.15, 0.2) is 33.5 Å². The van der Waals surface area contributed by atoms with Gasteiger partial charge in [0.25, 0.3) is 5.91 Å². The zero-order valence-corrected chi connectivity index (χ0v) is 17.8. The first kappa shape index (κ1) is 20.4. The first-order chi connectivity index (χ1) is 14.3. The van der Waals surface area contributed by atoms with E-state index in [0.29, 0.717) is 30.8 Å². The number of benzene rings is 1. The van der Waals surface area contributed by atoms with Crippen molar-refractivity contribution in [2.75, 3.05) is 20.1 Å². The molecule has 1 atom stereocenters. The first-order valence-electron chi connectivity index (χ1n) is 10.6. The van der Waals surface area contributed by atoms with E-state index in [9.17, 15) is 14.4 Å². The van der Waals surface area contributed by atoms with Crippen LogP contribution in [0.5, 0.6) is 5.75 Å². The van der Waals surface area contributed by atoms with Crippen molar-refractivity contribution in [1.29, 1.82) is 0 Å². The highest BCUT2D eigenvalue weighted by Crippen LogP contribution is 2.38. The van der Waals surface area contributed by atoms with Crippen LogP contribution in [0.2, 0.25) is 0 Å². The van der Waals surface area contributed by atoms with Crippen molar-refractivity contribution in [1.82, 2.24) is 9.80 Å². The second kappa shape index (κ2) is 7.78. The van der Waals surface area contributed by atoms with E-state index in [1.54, 1.807) is 19.1 Å². The number of likely N-dealkylation sites (tertiary alicyclic amines) is 2. The van der Waals surface area contributed by atoms with E-state index in [1.807, 2.05) is 29.8 Å². The van der Waals surface area contributed by atoms with Crippen LogP contribution in [0.1, 0.15) is 45.1 Å². The third-order valence-corrected chi connectivity index (χ3v) is 6.74. The standard InChI is InChI=1S/C23H28N2O5/c1-4-16-13-21(27)30-19-14-17(5-6-18(16)19)29-15(2)22(28)25-11-9-23(10-12-25)8-7-20(26)24(23)3/h5-6,13-15H,4,7-12H2,1-3H3. The average Bonchev–Trinajstić information content (AvgIpc) is 3.01. The highest BCUT2D eigenvalue weighted by Gasteiger charge is 2.45. The molecule has 0 saturated carbocycles. The lowest BCUT2D eigenvalue weighted by Crippen LogP contribution is -2.54. The maximum Gasteiger partial charge on any atom is 0.336 e. The lowest BCUT2D eigenvalue weighted by Gasteiger charge is -2.43. The molecule has 2 aliphatic heterocycles. The van der Waals surface area contributed by atoms with E-state index in [0.717, 1.165) is 36.6 Å². The van der Waals surface area contributed by atoms with Gasteiger partial charge in [-0.3, -0.25) is 9.59 Å². The van der Waals surface area contributed by atoms with Gasteiger partial charge in [-0.15, -0.1) is 0 Å². The van der Waals surface area contributed by atoms with E-state index in [-0.39, 0.29) is 17.4 Å². The van der Waals surface area contributed by atoms with E-state index in [4.69, 9.17) is 9.15 Å². The van der Waals surface area contributed by atoms with E-state index >= 15 is 0 Å². The lowest BCUT2D eigenvalue weighted by molar-refractivity contribution is -0.141. The van der Waals surface area contributed by atoms with Gasteiger partial charge in [0.1, 0.15) is 11.3 Å². The Morgan fingerprint density at radius 3 is 2.57 bits per heavy atom. The molecule has 0 bridgehead atoms. The molecule has 1 spiro atoms. The summed E-state index contributed by atoms with van der Waals surface area (Å²) in [5, 5.41) is 0.875. The van der Waals surface area contributed by atoms with Gasteiger partial charge in [0, 0.05) is 49.6 Å². The second-order valence-corrected chi connectivity index (χ2v) is 8.36. The number of amides is 2. The normalized spacial score (nSPS) is 19.5. The molecule has 160 valence electrons. The number of piperidine rings is 1. The molecule has 7 nitrogen and oxygen atoms in total. The Bertz CT molecular complexity index is 1040. The van der Waals surface area contributed by atoms with Crippen molar-refractivity contribution in [3.63, 3.8) is 0 Å². The summed E-state index contributed by atoms with van der Waals surface area (Å²) in [6, 6.07) is 6.84. The molecule has 0 radical (unpaired) electrons. The quantitative estimate of drug-likeness (QED) is 0.722. The van der Waals surface area contributed by atoms with Gasteiger partial charge >= 0.3 is 5.63 Å². The molecule has 2 aliphatic rings. The Kier molecular flexibility index (Phi) is 5.30. The molecule has 1 unspecified atom stereocenters. The van der Waals surface area contributed by atoms with Crippen molar-refractivity contribution in [3.05, 3.63) is 40.2 Å².